The van der Waals surface area contributed by atoms with Gasteiger partial charge in [0.25, 0.3) is 0 Å². The third kappa shape index (κ3) is 5.12. The number of hydrogen-bond donors (Lipinski definition) is 2. The third-order valence-corrected chi connectivity index (χ3v) is 6.56. The SMILES string of the molecule is NC(=O)c1ccc(NC(=O)CSc2nn(-c3ccc(Cl)c(Cl)c3)c(=S)s2)cc1. The van der Waals surface area contributed by atoms with E-state index in [0.717, 1.165) is 0 Å². The van der Waals surface area contributed by atoms with Crippen molar-refractivity contribution < 1.29 is 9.59 Å². The molecule has 0 bridgehead atoms. The summed E-state index contributed by atoms with van der Waals surface area (Å²) in [6.07, 6.45) is 0. The summed E-state index contributed by atoms with van der Waals surface area (Å²) in [7, 11) is 0. The monoisotopic (exact) mass is 470 g/mol. The molecule has 0 saturated carbocycles. The molecule has 1 heterocycles. The van der Waals surface area contributed by atoms with E-state index in [-0.39, 0.29) is 11.7 Å². The Bertz CT molecular complexity index is 1100. The number of rotatable bonds is 6. The fraction of sp³-hybridized carbons (Fsp3) is 0.0588. The number of amides is 2. The van der Waals surface area contributed by atoms with Gasteiger partial charge in [-0.3, -0.25) is 9.59 Å². The van der Waals surface area contributed by atoms with Gasteiger partial charge in [-0.15, -0.1) is 5.10 Å². The van der Waals surface area contributed by atoms with Crippen molar-refractivity contribution in [3.63, 3.8) is 0 Å². The predicted octanol–water partition coefficient (Wildman–Crippen LogP) is 4.80. The first kappa shape index (κ1) is 20.8. The van der Waals surface area contributed by atoms with Crippen molar-refractivity contribution in [3.05, 3.63) is 62.0 Å². The minimum Gasteiger partial charge on any atom is -0.366 e. The van der Waals surface area contributed by atoms with Crippen LogP contribution in [0.3, 0.4) is 0 Å². The second-order valence-corrected chi connectivity index (χ2v) is 9.08. The Morgan fingerprint density at radius 1 is 1.18 bits per heavy atom. The summed E-state index contributed by atoms with van der Waals surface area (Å²) in [5, 5.41) is 8.02. The summed E-state index contributed by atoms with van der Waals surface area (Å²) in [4.78, 5) is 23.2. The van der Waals surface area contributed by atoms with Gasteiger partial charge in [0.1, 0.15) is 0 Å². The van der Waals surface area contributed by atoms with E-state index < -0.39 is 5.91 Å². The molecular formula is C17H12Cl2N4O2S3. The average molecular weight is 471 g/mol. The van der Waals surface area contributed by atoms with E-state index in [1.54, 1.807) is 47.1 Å². The van der Waals surface area contributed by atoms with Gasteiger partial charge in [-0.25, -0.2) is 4.68 Å². The van der Waals surface area contributed by atoms with Crippen LogP contribution in [0.2, 0.25) is 10.0 Å². The molecule has 144 valence electrons. The second kappa shape index (κ2) is 9.06. The first-order valence-electron chi connectivity index (χ1n) is 7.71. The average Bonchev–Trinajstić information content (AvgIpc) is 3.03. The van der Waals surface area contributed by atoms with Crippen molar-refractivity contribution in [1.82, 2.24) is 9.78 Å². The molecule has 0 radical (unpaired) electrons. The molecule has 1 aromatic heterocycles. The standard InChI is InChI=1S/C17H12Cl2N4O2S3/c18-12-6-5-11(7-13(12)19)23-17(26)28-16(22-23)27-8-14(24)21-10-3-1-9(2-4-10)15(20)25/h1-7H,8H2,(H2,20,25)(H,21,24). The molecule has 2 aromatic carbocycles. The highest BCUT2D eigenvalue weighted by Crippen LogP contribution is 2.28. The lowest BCUT2D eigenvalue weighted by atomic mass is 10.2. The molecule has 0 aliphatic heterocycles. The number of anilines is 1. The molecule has 0 unspecified atom stereocenters. The van der Waals surface area contributed by atoms with Crippen LogP contribution in [0, 0.1) is 3.95 Å². The van der Waals surface area contributed by atoms with Crippen LogP contribution in [-0.4, -0.2) is 27.3 Å². The number of nitrogens with one attached hydrogen (secondary N) is 1. The van der Waals surface area contributed by atoms with Gasteiger partial charge >= 0.3 is 0 Å². The van der Waals surface area contributed by atoms with Gasteiger partial charge in [0, 0.05) is 11.3 Å². The van der Waals surface area contributed by atoms with Crippen LogP contribution < -0.4 is 11.1 Å². The number of aromatic nitrogens is 2. The molecule has 0 fully saturated rings. The van der Waals surface area contributed by atoms with Gasteiger partial charge in [-0.1, -0.05) is 46.3 Å². The normalized spacial score (nSPS) is 10.6. The summed E-state index contributed by atoms with van der Waals surface area (Å²) in [6.45, 7) is 0. The van der Waals surface area contributed by atoms with Crippen molar-refractivity contribution in [2.75, 3.05) is 11.1 Å². The maximum absolute atomic E-state index is 12.1. The molecule has 28 heavy (non-hydrogen) atoms. The minimum atomic E-state index is -0.521. The number of nitrogens with zero attached hydrogens (tertiary/aromatic N) is 2. The first-order chi connectivity index (χ1) is 13.3. The Kier molecular flexibility index (Phi) is 6.73. The molecule has 0 aliphatic carbocycles. The zero-order valence-corrected chi connectivity index (χ0v) is 18.0. The first-order valence-corrected chi connectivity index (χ1v) is 10.7. The Hall–Kier alpha value is -1.91. The number of halogens is 2. The zero-order chi connectivity index (χ0) is 20.3. The summed E-state index contributed by atoms with van der Waals surface area (Å²) < 4.78 is 2.75. The number of benzene rings is 2. The van der Waals surface area contributed by atoms with Crippen LogP contribution >= 0.6 is 58.5 Å². The van der Waals surface area contributed by atoms with E-state index in [1.165, 1.54) is 23.1 Å². The van der Waals surface area contributed by atoms with Crippen molar-refractivity contribution in [2.45, 2.75) is 4.34 Å². The summed E-state index contributed by atoms with van der Waals surface area (Å²) in [5.41, 5.74) is 6.83. The van der Waals surface area contributed by atoms with Gasteiger partial charge in [-0.2, -0.15) is 0 Å². The number of carbonyl (C=O) groups is 2. The third-order valence-electron chi connectivity index (χ3n) is 3.46. The number of carbonyl (C=O) groups excluding carboxylic acids is 2. The van der Waals surface area contributed by atoms with E-state index in [4.69, 9.17) is 41.2 Å². The van der Waals surface area contributed by atoms with Crippen LogP contribution in [0.4, 0.5) is 5.69 Å². The molecule has 0 atom stereocenters. The van der Waals surface area contributed by atoms with Crippen LogP contribution in [-0.2, 0) is 4.79 Å². The number of primary amides is 1. The van der Waals surface area contributed by atoms with E-state index in [2.05, 4.69) is 10.4 Å². The lowest BCUT2D eigenvalue weighted by Gasteiger charge is -2.05. The van der Waals surface area contributed by atoms with Gasteiger partial charge < -0.3 is 11.1 Å². The Morgan fingerprint density at radius 2 is 1.89 bits per heavy atom. The van der Waals surface area contributed by atoms with E-state index in [0.29, 0.717) is 35.3 Å². The van der Waals surface area contributed by atoms with Crippen LogP contribution in [0.25, 0.3) is 5.69 Å². The van der Waals surface area contributed by atoms with Crippen LogP contribution in [0.15, 0.2) is 46.8 Å². The quantitative estimate of drug-likeness (QED) is 0.398. The fourth-order valence-electron chi connectivity index (χ4n) is 2.14. The Labute approximate surface area is 183 Å². The van der Waals surface area contributed by atoms with Crippen LogP contribution in [0.5, 0.6) is 0 Å². The fourth-order valence-corrected chi connectivity index (χ4v) is 4.59. The Morgan fingerprint density at radius 3 is 2.54 bits per heavy atom. The Balaban J connectivity index is 1.63. The van der Waals surface area contributed by atoms with Crippen molar-refractivity contribution in [1.29, 1.82) is 0 Å². The van der Waals surface area contributed by atoms with Gasteiger partial charge in [0.2, 0.25) is 11.8 Å². The summed E-state index contributed by atoms with van der Waals surface area (Å²) in [6, 6.07) is 11.4. The highest BCUT2D eigenvalue weighted by molar-refractivity contribution is 8.01. The molecule has 3 N–H and O–H groups in total. The number of hydrogen-bond acceptors (Lipinski definition) is 6. The smallest absolute Gasteiger partial charge is 0.248 e. The molecule has 3 rings (SSSR count). The maximum Gasteiger partial charge on any atom is 0.248 e. The van der Waals surface area contributed by atoms with Gasteiger partial charge in [-0.05, 0) is 54.7 Å². The van der Waals surface area contributed by atoms with E-state index >= 15 is 0 Å². The van der Waals surface area contributed by atoms with Crippen molar-refractivity contribution >= 4 is 76.0 Å². The largest absolute Gasteiger partial charge is 0.366 e. The van der Waals surface area contributed by atoms with Crippen molar-refractivity contribution in [2.24, 2.45) is 5.73 Å². The molecule has 0 aliphatic rings. The topological polar surface area (TPSA) is 90.0 Å². The lowest BCUT2D eigenvalue weighted by Crippen LogP contribution is -2.15. The van der Waals surface area contributed by atoms with E-state index in [9.17, 15) is 9.59 Å². The molecular weight excluding hydrogens is 459 g/mol. The summed E-state index contributed by atoms with van der Waals surface area (Å²) >= 11 is 19.9. The highest BCUT2D eigenvalue weighted by atomic mass is 35.5. The molecule has 0 spiro atoms. The number of nitrogens with two attached hydrogens (primary N) is 1. The molecule has 6 nitrogen and oxygen atoms in total. The minimum absolute atomic E-state index is 0.154. The maximum atomic E-state index is 12.1. The predicted molar refractivity (Wildman–Crippen MR) is 117 cm³/mol. The van der Waals surface area contributed by atoms with E-state index in [1.807, 2.05) is 0 Å². The zero-order valence-electron chi connectivity index (χ0n) is 14.0. The summed E-state index contributed by atoms with van der Waals surface area (Å²) in [5.74, 6) is -0.576. The highest BCUT2D eigenvalue weighted by Gasteiger charge is 2.11. The lowest BCUT2D eigenvalue weighted by molar-refractivity contribution is -0.113. The number of thioether (sulfide) groups is 1. The van der Waals surface area contributed by atoms with Crippen LogP contribution in [0.1, 0.15) is 10.4 Å². The molecule has 11 heteroatoms. The molecule has 2 amide bonds. The van der Waals surface area contributed by atoms with Gasteiger partial charge in [0.15, 0.2) is 8.29 Å². The molecule has 3 aromatic rings. The second-order valence-electron chi connectivity index (χ2n) is 5.42. The van der Waals surface area contributed by atoms with Crippen molar-refractivity contribution in [3.8, 4) is 5.69 Å². The van der Waals surface area contributed by atoms with Gasteiger partial charge in [0.05, 0.1) is 21.5 Å². The molecule has 0 saturated heterocycles.